The fraction of sp³-hybridized carbons (Fsp3) is 0.333. The number of phenols is 1. The molecule has 1 aliphatic carbocycles. The van der Waals surface area contributed by atoms with Crippen LogP contribution in [0, 0.1) is 0 Å². The van der Waals surface area contributed by atoms with Gasteiger partial charge in [0.25, 0.3) is 0 Å². The molecule has 6 nitrogen and oxygen atoms in total. The molecule has 0 spiro atoms. The van der Waals surface area contributed by atoms with Gasteiger partial charge in [0, 0.05) is 18.2 Å². The Morgan fingerprint density at radius 2 is 1.62 bits per heavy atom. The number of phenolic OH excluding ortho intramolecular Hbond substituents is 1. The van der Waals surface area contributed by atoms with Gasteiger partial charge >= 0.3 is 0 Å². The molecule has 128 valence electrons. The fourth-order valence-electron chi connectivity index (χ4n) is 3.44. The lowest BCUT2D eigenvalue weighted by molar-refractivity contribution is -0.105. The quantitative estimate of drug-likeness (QED) is 0.875. The fourth-order valence-corrected chi connectivity index (χ4v) is 3.44. The predicted octanol–water partition coefficient (Wildman–Crippen LogP) is 2.36. The molecule has 24 heavy (non-hydrogen) atoms. The Kier molecular flexibility index (Phi) is 4.03. The lowest BCUT2D eigenvalue weighted by Crippen LogP contribution is -2.46. The Bertz CT molecular complexity index is 772. The Labute approximate surface area is 140 Å². The normalized spacial score (nSPS) is 21.6. The first kappa shape index (κ1) is 16.4. The van der Waals surface area contributed by atoms with Crippen LogP contribution < -0.4 is 14.2 Å². The van der Waals surface area contributed by atoms with Crippen molar-refractivity contribution in [1.29, 1.82) is 0 Å². The molecule has 0 radical (unpaired) electrons. The highest BCUT2D eigenvalue weighted by Gasteiger charge is 2.57. The SMILES string of the molecule is COc1cccc([C@@]2(O)c3c(ccc(O)c3OC)[C@H]2OC)c1OC. The smallest absolute Gasteiger partial charge is 0.167 e. The number of aromatic hydroxyl groups is 1. The number of hydrogen-bond donors (Lipinski definition) is 2. The van der Waals surface area contributed by atoms with Crippen molar-refractivity contribution < 1.29 is 29.2 Å². The van der Waals surface area contributed by atoms with Crippen LogP contribution in [-0.2, 0) is 10.3 Å². The van der Waals surface area contributed by atoms with Crippen LogP contribution in [0.4, 0.5) is 0 Å². The second kappa shape index (κ2) is 5.89. The molecule has 6 heteroatoms. The van der Waals surface area contributed by atoms with Crippen molar-refractivity contribution in [2.24, 2.45) is 0 Å². The Hall–Kier alpha value is -2.44. The number of hydrogen-bond acceptors (Lipinski definition) is 6. The van der Waals surface area contributed by atoms with Gasteiger partial charge in [-0.1, -0.05) is 18.2 Å². The van der Waals surface area contributed by atoms with Crippen molar-refractivity contribution in [2.45, 2.75) is 11.7 Å². The van der Waals surface area contributed by atoms with Gasteiger partial charge < -0.3 is 29.2 Å². The number of para-hydroxylation sites is 1. The minimum Gasteiger partial charge on any atom is -0.504 e. The van der Waals surface area contributed by atoms with E-state index in [1.54, 1.807) is 24.3 Å². The largest absolute Gasteiger partial charge is 0.504 e. The molecule has 0 aromatic heterocycles. The van der Waals surface area contributed by atoms with Gasteiger partial charge in [0.1, 0.15) is 6.10 Å². The third kappa shape index (κ3) is 1.96. The molecule has 3 rings (SSSR count). The van der Waals surface area contributed by atoms with Gasteiger partial charge in [0.2, 0.25) is 0 Å². The zero-order valence-corrected chi connectivity index (χ0v) is 14.0. The van der Waals surface area contributed by atoms with Crippen molar-refractivity contribution in [3.8, 4) is 23.0 Å². The summed E-state index contributed by atoms with van der Waals surface area (Å²) in [5.74, 6) is 1.06. The Balaban J connectivity index is 2.29. The topological polar surface area (TPSA) is 77.4 Å². The average molecular weight is 332 g/mol. The van der Waals surface area contributed by atoms with E-state index in [2.05, 4.69) is 0 Å². The standard InChI is InChI=1S/C18H20O6/c1-21-13-7-5-6-11(15(13)22-2)18(20)14-10(17(18)24-4)8-9-12(19)16(14)23-3/h5-9,17,19-20H,1-4H3/t17-,18-/m1/s1. The van der Waals surface area contributed by atoms with Crippen LogP contribution in [0.5, 0.6) is 23.0 Å². The van der Waals surface area contributed by atoms with Crippen molar-refractivity contribution in [2.75, 3.05) is 28.4 Å². The molecule has 0 saturated carbocycles. The molecule has 0 bridgehead atoms. The van der Waals surface area contributed by atoms with Crippen LogP contribution in [0.15, 0.2) is 30.3 Å². The number of aliphatic hydroxyl groups is 1. The lowest BCUT2D eigenvalue weighted by Gasteiger charge is -2.47. The highest BCUT2D eigenvalue weighted by atomic mass is 16.5. The van der Waals surface area contributed by atoms with Crippen LogP contribution in [0.1, 0.15) is 22.8 Å². The van der Waals surface area contributed by atoms with E-state index in [1.165, 1.54) is 34.5 Å². The molecule has 2 N–H and O–H groups in total. The lowest BCUT2D eigenvalue weighted by atomic mass is 9.66. The van der Waals surface area contributed by atoms with Crippen LogP contribution >= 0.6 is 0 Å². The predicted molar refractivity (Wildman–Crippen MR) is 87.0 cm³/mol. The molecule has 0 amide bonds. The van der Waals surface area contributed by atoms with E-state index < -0.39 is 11.7 Å². The van der Waals surface area contributed by atoms with E-state index in [9.17, 15) is 10.2 Å². The summed E-state index contributed by atoms with van der Waals surface area (Å²) in [5, 5.41) is 21.6. The molecule has 2 aromatic carbocycles. The minimum atomic E-state index is -1.53. The van der Waals surface area contributed by atoms with Gasteiger partial charge in [-0.25, -0.2) is 0 Å². The summed E-state index contributed by atoms with van der Waals surface area (Å²) in [7, 11) is 6.00. The van der Waals surface area contributed by atoms with Crippen LogP contribution in [-0.4, -0.2) is 38.7 Å². The maximum Gasteiger partial charge on any atom is 0.167 e. The van der Waals surface area contributed by atoms with Gasteiger partial charge in [-0.15, -0.1) is 0 Å². The molecule has 0 saturated heterocycles. The number of ether oxygens (including phenoxy) is 4. The van der Waals surface area contributed by atoms with Crippen LogP contribution in [0.3, 0.4) is 0 Å². The van der Waals surface area contributed by atoms with E-state index >= 15 is 0 Å². The zero-order valence-electron chi connectivity index (χ0n) is 14.0. The second-order valence-electron chi connectivity index (χ2n) is 5.51. The van der Waals surface area contributed by atoms with E-state index in [0.717, 1.165) is 5.56 Å². The maximum absolute atomic E-state index is 11.5. The summed E-state index contributed by atoms with van der Waals surface area (Å²) in [6.45, 7) is 0. The number of methoxy groups -OCH3 is 4. The zero-order chi connectivity index (χ0) is 17.5. The highest BCUT2D eigenvalue weighted by Crippen LogP contribution is 2.61. The molecule has 1 aliphatic rings. The van der Waals surface area contributed by atoms with Gasteiger partial charge in [-0.05, 0) is 17.7 Å². The maximum atomic E-state index is 11.5. The summed E-state index contributed by atoms with van der Waals surface area (Å²) in [5.41, 5.74) is 0.157. The molecular formula is C18H20O6. The van der Waals surface area contributed by atoms with Gasteiger partial charge in [-0.3, -0.25) is 0 Å². The van der Waals surface area contributed by atoms with E-state index in [-0.39, 0.29) is 11.5 Å². The highest BCUT2D eigenvalue weighted by molar-refractivity contribution is 5.67. The number of rotatable bonds is 5. The molecule has 2 atom stereocenters. The van der Waals surface area contributed by atoms with Crippen molar-refractivity contribution in [3.05, 3.63) is 47.0 Å². The average Bonchev–Trinajstić information content (AvgIpc) is 2.61. The molecule has 0 unspecified atom stereocenters. The first-order valence-electron chi connectivity index (χ1n) is 7.41. The van der Waals surface area contributed by atoms with E-state index in [0.29, 0.717) is 22.6 Å². The summed E-state index contributed by atoms with van der Waals surface area (Å²) in [4.78, 5) is 0. The van der Waals surface area contributed by atoms with Crippen molar-refractivity contribution in [1.82, 2.24) is 0 Å². The first-order valence-corrected chi connectivity index (χ1v) is 7.41. The second-order valence-corrected chi connectivity index (χ2v) is 5.51. The molecule has 0 aliphatic heterocycles. The summed E-state index contributed by atoms with van der Waals surface area (Å²) >= 11 is 0. The van der Waals surface area contributed by atoms with Gasteiger partial charge in [-0.2, -0.15) is 0 Å². The summed E-state index contributed by atoms with van der Waals surface area (Å²) in [6, 6.07) is 8.47. The van der Waals surface area contributed by atoms with Gasteiger partial charge in [0.05, 0.1) is 21.3 Å². The van der Waals surface area contributed by atoms with Crippen LogP contribution in [0.25, 0.3) is 0 Å². The monoisotopic (exact) mass is 332 g/mol. The van der Waals surface area contributed by atoms with Gasteiger partial charge in [0.15, 0.2) is 28.6 Å². The van der Waals surface area contributed by atoms with Crippen molar-refractivity contribution >= 4 is 0 Å². The number of fused-ring (bicyclic) bond motifs is 1. The molecular weight excluding hydrogens is 312 g/mol. The van der Waals surface area contributed by atoms with E-state index in [1.807, 2.05) is 0 Å². The third-order valence-corrected chi connectivity index (χ3v) is 4.47. The molecule has 0 fully saturated rings. The van der Waals surface area contributed by atoms with Crippen molar-refractivity contribution in [3.63, 3.8) is 0 Å². The third-order valence-electron chi connectivity index (χ3n) is 4.47. The minimum absolute atomic E-state index is 0.0499. The Morgan fingerprint density at radius 3 is 2.21 bits per heavy atom. The van der Waals surface area contributed by atoms with Crippen LogP contribution in [0.2, 0.25) is 0 Å². The Morgan fingerprint density at radius 1 is 0.917 bits per heavy atom. The molecule has 0 heterocycles. The van der Waals surface area contributed by atoms with E-state index in [4.69, 9.17) is 18.9 Å². The summed E-state index contributed by atoms with van der Waals surface area (Å²) in [6.07, 6.45) is -0.622. The summed E-state index contributed by atoms with van der Waals surface area (Å²) < 4.78 is 21.6. The first-order chi connectivity index (χ1) is 11.5. The molecule has 2 aromatic rings. The number of benzene rings is 2.